The van der Waals surface area contributed by atoms with Crippen LogP contribution in [0.2, 0.25) is 0 Å². The molecule has 1 amide bonds. The van der Waals surface area contributed by atoms with Crippen molar-refractivity contribution in [3.63, 3.8) is 0 Å². The van der Waals surface area contributed by atoms with Gasteiger partial charge >= 0.3 is 0 Å². The van der Waals surface area contributed by atoms with Crippen LogP contribution in [-0.2, 0) is 16.6 Å². The maximum atomic E-state index is 12.9. The van der Waals surface area contributed by atoms with Crippen LogP contribution in [-0.4, -0.2) is 55.3 Å². The number of sulfonamides is 1. The second-order valence-electron chi connectivity index (χ2n) is 7.43. The summed E-state index contributed by atoms with van der Waals surface area (Å²) >= 11 is 0. The SMILES string of the molecule is O=C(c1cncc(NS(=O)(=O)c2ccccc2)c1)N1CCN(Cc2ccccc2)CC1. The van der Waals surface area contributed by atoms with Crippen molar-refractivity contribution in [3.8, 4) is 0 Å². The van der Waals surface area contributed by atoms with Gasteiger partial charge in [0.2, 0.25) is 0 Å². The average molecular weight is 437 g/mol. The van der Waals surface area contributed by atoms with E-state index in [2.05, 4.69) is 26.7 Å². The van der Waals surface area contributed by atoms with Crippen LogP contribution in [0.1, 0.15) is 15.9 Å². The molecule has 0 saturated carbocycles. The first-order valence-electron chi connectivity index (χ1n) is 10.1. The summed E-state index contributed by atoms with van der Waals surface area (Å²) in [5.74, 6) is -0.146. The summed E-state index contributed by atoms with van der Waals surface area (Å²) in [6, 6.07) is 19.9. The molecule has 0 radical (unpaired) electrons. The largest absolute Gasteiger partial charge is 0.336 e. The van der Waals surface area contributed by atoms with Crippen LogP contribution in [0.15, 0.2) is 84.0 Å². The predicted molar refractivity (Wildman–Crippen MR) is 119 cm³/mol. The molecule has 0 spiro atoms. The Morgan fingerprint density at radius 3 is 2.23 bits per heavy atom. The van der Waals surface area contributed by atoms with Gasteiger partial charge in [0.15, 0.2) is 0 Å². The van der Waals surface area contributed by atoms with E-state index in [1.165, 1.54) is 36.2 Å². The van der Waals surface area contributed by atoms with Crippen molar-refractivity contribution in [2.45, 2.75) is 11.4 Å². The second kappa shape index (κ2) is 9.28. The summed E-state index contributed by atoms with van der Waals surface area (Å²) in [4.78, 5) is 21.3. The first kappa shape index (κ1) is 21.0. The van der Waals surface area contributed by atoms with Gasteiger partial charge in [-0.05, 0) is 23.8 Å². The highest BCUT2D eigenvalue weighted by Gasteiger charge is 2.23. The third kappa shape index (κ3) is 5.28. The van der Waals surface area contributed by atoms with Gasteiger partial charge in [-0.25, -0.2) is 8.42 Å². The lowest BCUT2D eigenvalue weighted by atomic mass is 10.2. The Morgan fingerprint density at radius 2 is 1.55 bits per heavy atom. The highest BCUT2D eigenvalue weighted by atomic mass is 32.2. The Hall–Kier alpha value is -3.23. The molecule has 0 aliphatic carbocycles. The van der Waals surface area contributed by atoms with Crippen LogP contribution in [0, 0.1) is 0 Å². The van der Waals surface area contributed by atoms with E-state index in [0.717, 1.165) is 19.6 Å². The average Bonchev–Trinajstić information content (AvgIpc) is 2.80. The minimum atomic E-state index is -3.74. The molecule has 1 aliphatic rings. The van der Waals surface area contributed by atoms with Gasteiger partial charge < -0.3 is 4.90 Å². The summed E-state index contributed by atoms with van der Waals surface area (Å²) < 4.78 is 27.6. The van der Waals surface area contributed by atoms with Crippen molar-refractivity contribution >= 4 is 21.6 Å². The molecule has 1 aliphatic heterocycles. The third-order valence-electron chi connectivity index (χ3n) is 5.20. The molecule has 160 valence electrons. The fourth-order valence-corrected chi connectivity index (χ4v) is 4.61. The first-order valence-corrected chi connectivity index (χ1v) is 11.6. The topological polar surface area (TPSA) is 82.6 Å². The minimum absolute atomic E-state index is 0.146. The number of piperazine rings is 1. The summed E-state index contributed by atoms with van der Waals surface area (Å²) in [7, 11) is -3.74. The fourth-order valence-electron chi connectivity index (χ4n) is 3.56. The molecular weight excluding hydrogens is 412 g/mol. The van der Waals surface area contributed by atoms with Crippen molar-refractivity contribution in [2.75, 3.05) is 30.9 Å². The van der Waals surface area contributed by atoms with Crippen molar-refractivity contribution in [2.24, 2.45) is 0 Å². The lowest BCUT2D eigenvalue weighted by molar-refractivity contribution is 0.0628. The number of benzene rings is 2. The van der Waals surface area contributed by atoms with Crippen molar-refractivity contribution < 1.29 is 13.2 Å². The number of nitrogens with zero attached hydrogens (tertiary/aromatic N) is 3. The molecule has 7 nitrogen and oxygen atoms in total. The molecular formula is C23H24N4O3S. The molecule has 1 N–H and O–H groups in total. The van der Waals surface area contributed by atoms with Gasteiger partial charge in [-0.3, -0.25) is 19.4 Å². The molecule has 4 rings (SSSR count). The smallest absolute Gasteiger partial charge is 0.261 e. The van der Waals surface area contributed by atoms with Gasteiger partial charge in [0.1, 0.15) is 0 Å². The number of amides is 1. The van der Waals surface area contributed by atoms with Crippen LogP contribution >= 0.6 is 0 Å². The van der Waals surface area contributed by atoms with E-state index in [9.17, 15) is 13.2 Å². The molecule has 1 saturated heterocycles. The molecule has 8 heteroatoms. The maximum Gasteiger partial charge on any atom is 0.261 e. The van der Waals surface area contributed by atoms with Crippen molar-refractivity contribution in [3.05, 3.63) is 90.3 Å². The normalized spacial score (nSPS) is 14.9. The van der Waals surface area contributed by atoms with Gasteiger partial charge in [0.25, 0.3) is 15.9 Å². The number of nitrogens with one attached hydrogen (secondary N) is 1. The zero-order valence-corrected chi connectivity index (χ0v) is 17.8. The van der Waals surface area contributed by atoms with E-state index < -0.39 is 10.0 Å². The number of hydrogen-bond acceptors (Lipinski definition) is 5. The van der Waals surface area contributed by atoms with Gasteiger partial charge in [0.05, 0.1) is 22.3 Å². The number of anilines is 1. The van der Waals surface area contributed by atoms with Crippen LogP contribution in [0.4, 0.5) is 5.69 Å². The Morgan fingerprint density at radius 1 is 0.903 bits per heavy atom. The van der Waals surface area contributed by atoms with E-state index in [0.29, 0.717) is 18.7 Å². The minimum Gasteiger partial charge on any atom is -0.336 e. The second-order valence-corrected chi connectivity index (χ2v) is 9.12. The number of carbonyl (C=O) groups excluding carboxylic acids is 1. The predicted octanol–water partition coefficient (Wildman–Crippen LogP) is 2.84. The van der Waals surface area contributed by atoms with Gasteiger partial charge in [-0.15, -0.1) is 0 Å². The highest BCUT2D eigenvalue weighted by molar-refractivity contribution is 7.92. The fraction of sp³-hybridized carbons (Fsp3) is 0.217. The van der Waals surface area contributed by atoms with Gasteiger partial charge in [-0.2, -0.15) is 0 Å². The summed E-state index contributed by atoms with van der Waals surface area (Å²) in [6.45, 7) is 3.67. The van der Waals surface area contributed by atoms with Crippen molar-refractivity contribution in [1.29, 1.82) is 0 Å². The van der Waals surface area contributed by atoms with Crippen LogP contribution in [0.5, 0.6) is 0 Å². The molecule has 2 heterocycles. The Bertz CT molecular complexity index is 1130. The molecule has 1 fully saturated rings. The van der Waals surface area contributed by atoms with Crippen LogP contribution in [0.3, 0.4) is 0 Å². The number of pyridine rings is 1. The Balaban J connectivity index is 1.38. The molecule has 1 aromatic heterocycles. The Kier molecular flexibility index (Phi) is 6.29. The zero-order valence-electron chi connectivity index (χ0n) is 17.0. The van der Waals surface area contributed by atoms with Crippen LogP contribution in [0.25, 0.3) is 0 Å². The number of rotatable bonds is 6. The summed E-state index contributed by atoms with van der Waals surface area (Å²) in [5.41, 5.74) is 1.88. The standard InChI is InChI=1S/C23H24N4O3S/c28-23(27-13-11-26(12-14-27)18-19-7-3-1-4-8-19)20-15-21(17-24-16-20)25-31(29,30)22-9-5-2-6-10-22/h1-10,15-17,25H,11-14,18H2. The Labute approximate surface area is 182 Å². The molecule has 3 aromatic rings. The summed E-state index contributed by atoms with van der Waals surface area (Å²) in [6.07, 6.45) is 2.87. The number of carbonyl (C=O) groups is 1. The lowest BCUT2D eigenvalue weighted by Gasteiger charge is -2.34. The van der Waals surface area contributed by atoms with E-state index in [1.54, 1.807) is 23.1 Å². The molecule has 2 aromatic carbocycles. The number of hydrogen-bond donors (Lipinski definition) is 1. The van der Waals surface area contributed by atoms with E-state index >= 15 is 0 Å². The van der Waals surface area contributed by atoms with E-state index in [-0.39, 0.29) is 16.5 Å². The quantitative estimate of drug-likeness (QED) is 0.643. The van der Waals surface area contributed by atoms with Crippen molar-refractivity contribution in [1.82, 2.24) is 14.8 Å². The zero-order chi connectivity index (χ0) is 21.7. The van der Waals surface area contributed by atoms with Gasteiger partial charge in [0, 0.05) is 38.9 Å². The number of aromatic nitrogens is 1. The highest BCUT2D eigenvalue weighted by Crippen LogP contribution is 2.18. The third-order valence-corrected chi connectivity index (χ3v) is 6.60. The summed E-state index contributed by atoms with van der Waals surface area (Å²) in [5, 5.41) is 0. The maximum absolute atomic E-state index is 12.9. The molecule has 31 heavy (non-hydrogen) atoms. The van der Waals surface area contributed by atoms with Gasteiger partial charge in [-0.1, -0.05) is 48.5 Å². The monoisotopic (exact) mass is 436 g/mol. The van der Waals surface area contributed by atoms with E-state index in [4.69, 9.17) is 0 Å². The lowest BCUT2D eigenvalue weighted by Crippen LogP contribution is -2.48. The van der Waals surface area contributed by atoms with Crippen LogP contribution < -0.4 is 4.72 Å². The molecule has 0 atom stereocenters. The molecule has 0 unspecified atom stereocenters. The first-order chi connectivity index (χ1) is 15.0. The molecule has 0 bridgehead atoms. The van der Waals surface area contributed by atoms with E-state index in [1.807, 2.05) is 18.2 Å².